The second kappa shape index (κ2) is 8.87. The molecule has 3 aromatic rings. The Balaban J connectivity index is 1.23. The summed E-state index contributed by atoms with van der Waals surface area (Å²) in [6, 6.07) is 15.4. The van der Waals surface area contributed by atoms with Crippen molar-refractivity contribution in [3.05, 3.63) is 77.6 Å². The van der Waals surface area contributed by atoms with Crippen LogP contribution in [0.15, 0.2) is 60.9 Å². The summed E-state index contributed by atoms with van der Waals surface area (Å²) in [7, 11) is 1.88. The van der Waals surface area contributed by atoms with Crippen LogP contribution in [-0.4, -0.2) is 50.0 Å². The Morgan fingerprint density at radius 2 is 1.95 bits per heavy atom. The van der Waals surface area contributed by atoms with Crippen LogP contribution in [-0.2, 0) is 35.1 Å². The SMILES string of the molecule is C[C@H](C1CC1)N(Cc1ccccc1)C(=O)CN1C(=O)N[C@]2(CCc3cc(-c4cnn(C)c4)ccc32)C1=O. The van der Waals surface area contributed by atoms with E-state index in [9.17, 15) is 14.4 Å². The van der Waals surface area contributed by atoms with Gasteiger partial charge in [0.05, 0.1) is 6.20 Å². The van der Waals surface area contributed by atoms with E-state index in [0.717, 1.165) is 45.6 Å². The molecule has 2 fully saturated rings. The van der Waals surface area contributed by atoms with Gasteiger partial charge in [0.2, 0.25) is 5.91 Å². The first-order chi connectivity index (χ1) is 17.9. The van der Waals surface area contributed by atoms with E-state index in [1.807, 2.05) is 66.8 Å². The standard InChI is InChI=1S/C29H31N5O3/c1-19(21-8-9-21)33(16-20-6-4-3-5-7-20)26(35)18-34-27(36)29(31-28(34)37)13-12-23-14-22(10-11-25(23)29)24-15-30-32(2)17-24/h3-7,10-11,14-15,17,19,21H,8-9,12-13,16,18H2,1-2H3,(H,31,37)/t19-,29+/m1/s1. The smallest absolute Gasteiger partial charge is 0.325 e. The molecule has 1 N–H and O–H groups in total. The molecule has 1 spiro atoms. The highest BCUT2D eigenvalue weighted by atomic mass is 16.2. The van der Waals surface area contributed by atoms with E-state index < -0.39 is 11.6 Å². The van der Waals surface area contributed by atoms with E-state index >= 15 is 0 Å². The third kappa shape index (κ3) is 4.10. The maximum atomic E-state index is 13.8. The molecule has 2 atom stereocenters. The second-order valence-electron chi connectivity index (χ2n) is 10.6. The number of imide groups is 1. The van der Waals surface area contributed by atoms with Crippen molar-refractivity contribution in [2.75, 3.05) is 6.54 Å². The first-order valence-corrected chi connectivity index (χ1v) is 13.0. The number of aryl methyl sites for hydroxylation is 2. The van der Waals surface area contributed by atoms with Gasteiger partial charge in [-0.2, -0.15) is 5.10 Å². The zero-order valence-corrected chi connectivity index (χ0v) is 21.2. The molecule has 3 aliphatic rings. The Labute approximate surface area is 216 Å². The first-order valence-electron chi connectivity index (χ1n) is 13.0. The van der Waals surface area contributed by atoms with Crippen molar-refractivity contribution in [2.45, 2.75) is 50.7 Å². The molecule has 1 saturated carbocycles. The molecule has 8 heteroatoms. The molecule has 0 unspecified atom stereocenters. The van der Waals surface area contributed by atoms with Gasteiger partial charge < -0.3 is 10.2 Å². The summed E-state index contributed by atoms with van der Waals surface area (Å²) >= 11 is 0. The van der Waals surface area contributed by atoms with Crippen molar-refractivity contribution in [3.8, 4) is 11.1 Å². The molecule has 4 amide bonds. The van der Waals surface area contributed by atoms with E-state index in [0.29, 0.717) is 25.3 Å². The Bertz CT molecular complexity index is 1380. The summed E-state index contributed by atoms with van der Waals surface area (Å²) in [5.74, 6) is -0.0655. The summed E-state index contributed by atoms with van der Waals surface area (Å²) in [5, 5.41) is 7.20. The van der Waals surface area contributed by atoms with Gasteiger partial charge in [-0.1, -0.05) is 48.5 Å². The normalized spacial score (nSPS) is 21.3. The average molecular weight is 498 g/mol. The van der Waals surface area contributed by atoms with Crippen molar-refractivity contribution in [1.82, 2.24) is 24.9 Å². The number of nitrogens with zero attached hydrogens (tertiary/aromatic N) is 4. The number of amides is 4. The Hall–Kier alpha value is -3.94. The number of fused-ring (bicyclic) bond motifs is 2. The number of hydrogen-bond donors (Lipinski definition) is 1. The van der Waals surface area contributed by atoms with Gasteiger partial charge in [-0.3, -0.25) is 19.2 Å². The minimum absolute atomic E-state index is 0.0561. The largest absolute Gasteiger partial charge is 0.334 e. The molecule has 1 saturated heterocycles. The number of carbonyl (C=O) groups excluding carboxylic acids is 3. The predicted octanol–water partition coefficient (Wildman–Crippen LogP) is 3.61. The van der Waals surface area contributed by atoms with Crippen molar-refractivity contribution < 1.29 is 14.4 Å². The third-order valence-electron chi connectivity index (χ3n) is 8.15. The van der Waals surface area contributed by atoms with Gasteiger partial charge in [0.15, 0.2) is 0 Å². The Morgan fingerprint density at radius 3 is 2.65 bits per heavy atom. The van der Waals surface area contributed by atoms with Gasteiger partial charge in [-0.25, -0.2) is 4.79 Å². The molecular formula is C29H31N5O3. The fourth-order valence-electron chi connectivity index (χ4n) is 5.84. The maximum Gasteiger partial charge on any atom is 0.325 e. The summed E-state index contributed by atoms with van der Waals surface area (Å²) in [4.78, 5) is 43.4. The molecule has 2 aromatic carbocycles. The maximum absolute atomic E-state index is 13.8. The van der Waals surface area contributed by atoms with E-state index in [2.05, 4.69) is 23.4 Å². The van der Waals surface area contributed by atoms with Crippen molar-refractivity contribution in [2.24, 2.45) is 13.0 Å². The highest BCUT2D eigenvalue weighted by Crippen LogP contribution is 2.43. The molecule has 2 heterocycles. The summed E-state index contributed by atoms with van der Waals surface area (Å²) in [6.45, 7) is 2.28. The topological polar surface area (TPSA) is 87.5 Å². The summed E-state index contributed by atoms with van der Waals surface area (Å²) < 4.78 is 1.75. The minimum atomic E-state index is -1.10. The van der Waals surface area contributed by atoms with Crippen LogP contribution < -0.4 is 5.32 Å². The fraction of sp³-hybridized carbons (Fsp3) is 0.379. The van der Waals surface area contributed by atoms with Gasteiger partial charge in [0, 0.05) is 31.4 Å². The van der Waals surface area contributed by atoms with Gasteiger partial charge in [0.25, 0.3) is 5.91 Å². The van der Waals surface area contributed by atoms with Crippen LogP contribution >= 0.6 is 0 Å². The van der Waals surface area contributed by atoms with Crippen LogP contribution in [0.25, 0.3) is 11.1 Å². The fourth-order valence-corrected chi connectivity index (χ4v) is 5.84. The lowest BCUT2D eigenvalue weighted by Crippen LogP contribution is -2.47. The van der Waals surface area contributed by atoms with Crippen molar-refractivity contribution >= 4 is 17.8 Å². The monoisotopic (exact) mass is 497 g/mol. The quantitative estimate of drug-likeness (QED) is 0.505. The van der Waals surface area contributed by atoms with Crippen LogP contribution in [0, 0.1) is 5.92 Å². The van der Waals surface area contributed by atoms with Crippen molar-refractivity contribution in [3.63, 3.8) is 0 Å². The van der Waals surface area contributed by atoms with E-state index in [1.54, 1.807) is 4.68 Å². The number of aromatic nitrogens is 2. The van der Waals surface area contributed by atoms with Crippen LogP contribution in [0.2, 0.25) is 0 Å². The zero-order chi connectivity index (χ0) is 25.7. The predicted molar refractivity (Wildman–Crippen MR) is 138 cm³/mol. The summed E-state index contributed by atoms with van der Waals surface area (Å²) in [6.07, 6.45) is 7.13. The van der Waals surface area contributed by atoms with E-state index in [4.69, 9.17) is 0 Å². The molecule has 8 nitrogen and oxygen atoms in total. The van der Waals surface area contributed by atoms with Crippen LogP contribution in [0.1, 0.15) is 42.9 Å². The highest BCUT2D eigenvalue weighted by Gasteiger charge is 2.56. The van der Waals surface area contributed by atoms with E-state index in [1.165, 1.54) is 0 Å². The number of urea groups is 1. The molecule has 1 aromatic heterocycles. The number of benzene rings is 2. The van der Waals surface area contributed by atoms with Crippen LogP contribution in [0.3, 0.4) is 0 Å². The molecule has 190 valence electrons. The summed E-state index contributed by atoms with van der Waals surface area (Å²) in [5.41, 5.74) is 3.82. The van der Waals surface area contributed by atoms with Crippen molar-refractivity contribution in [1.29, 1.82) is 0 Å². The van der Waals surface area contributed by atoms with Crippen LogP contribution in [0.4, 0.5) is 4.79 Å². The minimum Gasteiger partial charge on any atom is -0.334 e. The molecule has 0 radical (unpaired) electrons. The zero-order valence-electron chi connectivity index (χ0n) is 21.2. The molecule has 37 heavy (non-hydrogen) atoms. The number of carbonyl (C=O) groups is 3. The Morgan fingerprint density at radius 1 is 1.16 bits per heavy atom. The van der Waals surface area contributed by atoms with E-state index in [-0.39, 0.29) is 24.4 Å². The third-order valence-corrected chi connectivity index (χ3v) is 8.15. The van der Waals surface area contributed by atoms with Gasteiger partial charge in [0.1, 0.15) is 12.1 Å². The molecular weight excluding hydrogens is 466 g/mol. The number of rotatable bonds is 7. The molecule has 6 rings (SSSR count). The highest BCUT2D eigenvalue weighted by molar-refractivity contribution is 6.10. The average Bonchev–Trinajstić information content (AvgIpc) is 3.50. The second-order valence-corrected chi connectivity index (χ2v) is 10.6. The molecule has 1 aliphatic heterocycles. The first kappa shape index (κ1) is 23.5. The van der Waals surface area contributed by atoms with Gasteiger partial charge >= 0.3 is 6.03 Å². The Kier molecular flexibility index (Phi) is 5.62. The lowest BCUT2D eigenvalue weighted by Gasteiger charge is -2.31. The lowest BCUT2D eigenvalue weighted by atomic mass is 9.90. The number of nitrogens with one attached hydrogen (secondary N) is 1. The lowest BCUT2D eigenvalue weighted by molar-refractivity contribution is -0.141. The van der Waals surface area contributed by atoms with Gasteiger partial charge in [-0.15, -0.1) is 0 Å². The number of hydrogen-bond acceptors (Lipinski definition) is 4. The molecule has 0 bridgehead atoms. The molecule has 2 aliphatic carbocycles. The van der Waals surface area contributed by atoms with Crippen LogP contribution in [0.5, 0.6) is 0 Å². The van der Waals surface area contributed by atoms with Gasteiger partial charge in [-0.05, 0) is 60.8 Å².